The normalized spacial score (nSPS) is 12.0. The van der Waals surface area contributed by atoms with Gasteiger partial charge in [-0.15, -0.1) is 0 Å². The molecule has 0 aromatic heterocycles. The summed E-state index contributed by atoms with van der Waals surface area (Å²) in [6.45, 7) is 0. The van der Waals surface area contributed by atoms with E-state index in [1.807, 2.05) is 36.4 Å². The van der Waals surface area contributed by atoms with Crippen LogP contribution in [0.15, 0.2) is 42.5 Å². The fourth-order valence-corrected chi connectivity index (χ4v) is 2.94. The Morgan fingerprint density at radius 2 is 1.58 bits per heavy atom. The first-order chi connectivity index (χ1) is 9.17. The topological polar surface area (TPSA) is 18.5 Å². The monoisotopic (exact) mass is 340 g/mol. The minimum Gasteiger partial charge on any atom is -0.493 e. The summed E-state index contributed by atoms with van der Waals surface area (Å²) in [6, 6.07) is 13.7. The first kappa shape index (κ1) is 14.2. The van der Waals surface area contributed by atoms with Gasteiger partial charge >= 0.3 is 0 Å². The Balaban J connectivity index is 2.45. The van der Waals surface area contributed by atoms with Gasteiger partial charge in [0.05, 0.1) is 19.0 Å². The van der Waals surface area contributed by atoms with Gasteiger partial charge in [-0.05, 0) is 17.2 Å². The first-order valence-electron chi connectivity index (χ1n) is 5.77. The van der Waals surface area contributed by atoms with Crippen molar-refractivity contribution in [2.75, 3.05) is 14.2 Å². The van der Waals surface area contributed by atoms with Crippen LogP contribution in [0.3, 0.4) is 0 Å². The molecule has 0 heterocycles. The zero-order chi connectivity index (χ0) is 13.8. The summed E-state index contributed by atoms with van der Waals surface area (Å²) in [5.41, 5.74) is 2.09. The summed E-state index contributed by atoms with van der Waals surface area (Å²) in [5, 5.41) is 0.642. The molecule has 1 unspecified atom stereocenters. The van der Waals surface area contributed by atoms with Crippen LogP contribution >= 0.6 is 27.5 Å². The van der Waals surface area contributed by atoms with E-state index in [0.29, 0.717) is 16.5 Å². The number of halogens is 2. The molecule has 100 valence electrons. The van der Waals surface area contributed by atoms with Gasteiger partial charge in [0.2, 0.25) is 0 Å². The van der Waals surface area contributed by atoms with Crippen molar-refractivity contribution in [3.05, 3.63) is 58.6 Å². The molecule has 2 aromatic carbocycles. The third-order valence-electron chi connectivity index (χ3n) is 2.87. The van der Waals surface area contributed by atoms with Crippen molar-refractivity contribution in [1.29, 1.82) is 0 Å². The molecule has 0 spiro atoms. The Hall–Kier alpha value is -1.19. The van der Waals surface area contributed by atoms with Gasteiger partial charge in [0.1, 0.15) is 0 Å². The Morgan fingerprint density at radius 3 is 2.16 bits per heavy atom. The van der Waals surface area contributed by atoms with E-state index in [2.05, 4.69) is 15.9 Å². The number of hydrogen-bond acceptors (Lipinski definition) is 2. The molecule has 0 saturated heterocycles. The number of ether oxygens (including phenoxy) is 2. The van der Waals surface area contributed by atoms with Crippen molar-refractivity contribution in [3.63, 3.8) is 0 Å². The van der Waals surface area contributed by atoms with E-state index in [1.165, 1.54) is 0 Å². The Bertz CT molecular complexity index is 558. The van der Waals surface area contributed by atoms with Gasteiger partial charge in [0, 0.05) is 11.1 Å². The molecule has 0 N–H and O–H groups in total. The van der Waals surface area contributed by atoms with E-state index in [0.717, 1.165) is 11.1 Å². The molecule has 0 saturated carbocycles. The minimum atomic E-state index is 0.0148. The number of benzene rings is 2. The second kappa shape index (κ2) is 6.31. The van der Waals surface area contributed by atoms with Crippen LogP contribution in [0.1, 0.15) is 16.0 Å². The van der Waals surface area contributed by atoms with E-state index >= 15 is 0 Å². The van der Waals surface area contributed by atoms with E-state index in [4.69, 9.17) is 21.1 Å². The zero-order valence-corrected chi connectivity index (χ0v) is 13.0. The van der Waals surface area contributed by atoms with Crippen LogP contribution in [0.4, 0.5) is 0 Å². The second-order valence-corrected chi connectivity index (χ2v) is 5.32. The Labute approximate surface area is 126 Å². The number of rotatable bonds is 4. The third-order valence-corrected chi connectivity index (χ3v) is 4.22. The standard InChI is InChI=1S/C15H14BrClO2/c1-18-13-8-11(12(17)9-14(13)19-2)15(16)10-6-4-3-5-7-10/h3-9,15H,1-2H3. The molecule has 0 aliphatic rings. The number of hydrogen-bond donors (Lipinski definition) is 0. The van der Waals surface area contributed by atoms with Crippen LogP contribution in [0, 0.1) is 0 Å². The minimum absolute atomic E-state index is 0.0148. The lowest BCUT2D eigenvalue weighted by Gasteiger charge is -2.16. The van der Waals surface area contributed by atoms with Gasteiger partial charge in [-0.1, -0.05) is 57.9 Å². The molecule has 2 rings (SSSR count). The van der Waals surface area contributed by atoms with Crippen molar-refractivity contribution >= 4 is 27.5 Å². The van der Waals surface area contributed by atoms with Gasteiger partial charge in [-0.25, -0.2) is 0 Å². The lowest BCUT2D eigenvalue weighted by molar-refractivity contribution is 0.354. The number of methoxy groups -OCH3 is 2. The van der Waals surface area contributed by atoms with E-state index in [-0.39, 0.29) is 4.83 Å². The van der Waals surface area contributed by atoms with E-state index in [1.54, 1.807) is 20.3 Å². The molecule has 0 amide bonds. The van der Waals surface area contributed by atoms with Crippen LogP contribution in [0.2, 0.25) is 5.02 Å². The van der Waals surface area contributed by atoms with Crippen LogP contribution in [-0.4, -0.2) is 14.2 Å². The molecular formula is C15H14BrClO2. The molecule has 0 aliphatic carbocycles. The predicted octanol–water partition coefficient (Wildman–Crippen LogP) is 4.84. The van der Waals surface area contributed by atoms with Crippen LogP contribution in [0.5, 0.6) is 11.5 Å². The number of alkyl halides is 1. The molecule has 19 heavy (non-hydrogen) atoms. The molecule has 0 bridgehead atoms. The van der Waals surface area contributed by atoms with Crippen molar-refractivity contribution < 1.29 is 9.47 Å². The average molecular weight is 342 g/mol. The van der Waals surface area contributed by atoms with Gasteiger partial charge in [-0.2, -0.15) is 0 Å². The Morgan fingerprint density at radius 1 is 1.00 bits per heavy atom. The van der Waals surface area contributed by atoms with Crippen molar-refractivity contribution in [3.8, 4) is 11.5 Å². The summed E-state index contributed by atoms with van der Waals surface area (Å²) in [6.07, 6.45) is 0. The molecule has 1 atom stereocenters. The van der Waals surface area contributed by atoms with E-state index < -0.39 is 0 Å². The maximum atomic E-state index is 6.32. The largest absolute Gasteiger partial charge is 0.493 e. The molecule has 4 heteroatoms. The van der Waals surface area contributed by atoms with Crippen molar-refractivity contribution in [1.82, 2.24) is 0 Å². The molecule has 0 radical (unpaired) electrons. The summed E-state index contributed by atoms with van der Waals surface area (Å²) in [4.78, 5) is 0.0148. The molecule has 0 aliphatic heterocycles. The second-order valence-electron chi connectivity index (χ2n) is 4.00. The maximum Gasteiger partial charge on any atom is 0.162 e. The Kier molecular flexibility index (Phi) is 4.72. The van der Waals surface area contributed by atoms with Gasteiger partial charge in [0.15, 0.2) is 11.5 Å². The van der Waals surface area contributed by atoms with E-state index in [9.17, 15) is 0 Å². The average Bonchev–Trinajstić information content (AvgIpc) is 2.47. The fraction of sp³-hybridized carbons (Fsp3) is 0.200. The highest BCUT2D eigenvalue weighted by atomic mass is 79.9. The quantitative estimate of drug-likeness (QED) is 0.741. The maximum absolute atomic E-state index is 6.32. The lowest BCUT2D eigenvalue weighted by Crippen LogP contribution is -1.97. The molecular weight excluding hydrogens is 328 g/mol. The summed E-state index contributed by atoms with van der Waals surface area (Å²) < 4.78 is 10.5. The lowest BCUT2D eigenvalue weighted by atomic mass is 10.0. The van der Waals surface area contributed by atoms with Gasteiger partial charge in [-0.3, -0.25) is 0 Å². The SMILES string of the molecule is COc1cc(Cl)c(C(Br)c2ccccc2)cc1OC. The van der Waals surface area contributed by atoms with Crippen LogP contribution in [0.25, 0.3) is 0 Å². The highest BCUT2D eigenvalue weighted by Gasteiger charge is 2.17. The summed E-state index contributed by atoms with van der Waals surface area (Å²) >= 11 is 9.99. The summed E-state index contributed by atoms with van der Waals surface area (Å²) in [7, 11) is 3.21. The van der Waals surface area contributed by atoms with Crippen LogP contribution in [-0.2, 0) is 0 Å². The smallest absolute Gasteiger partial charge is 0.162 e. The molecule has 0 fully saturated rings. The van der Waals surface area contributed by atoms with Gasteiger partial charge < -0.3 is 9.47 Å². The highest BCUT2D eigenvalue weighted by Crippen LogP contribution is 2.41. The zero-order valence-electron chi connectivity index (χ0n) is 10.7. The van der Waals surface area contributed by atoms with Gasteiger partial charge in [0.25, 0.3) is 0 Å². The van der Waals surface area contributed by atoms with Crippen LogP contribution < -0.4 is 9.47 Å². The third kappa shape index (κ3) is 3.04. The fourth-order valence-electron chi connectivity index (χ4n) is 1.87. The van der Waals surface area contributed by atoms with Crippen molar-refractivity contribution in [2.45, 2.75) is 4.83 Å². The van der Waals surface area contributed by atoms with Crippen molar-refractivity contribution in [2.24, 2.45) is 0 Å². The predicted molar refractivity (Wildman–Crippen MR) is 81.8 cm³/mol. The molecule has 2 aromatic rings. The first-order valence-corrected chi connectivity index (χ1v) is 7.07. The molecule has 2 nitrogen and oxygen atoms in total. The highest BCUT2D eigenvalue weighted by molar-refractivity contribution is 9.09. The summed E-state index contributed by atoms with van der Waals surface area (Å²) in [5.74, 6) is 1.30.